The second kappa shape index (κ2) is 11.2. The maximum absolute atomic E-state index is 14.9. The lowest BCUT2D eigenvalue weighted by Gasteiger charge is -2.33. The summed E-state index contributed by atoms with van der Waals surface area (Å²) in [5.41, 5.74) is 0.435. The number of ketones is 1. The number of nitrogens with zero attached hydrogens (tertiary/aromatic N) is 2. The van der Waals surface area contributed by atoms with E-state index in [1.165, 1.54) is 29.5 Å². The van der Waals surface area contributed by atoms with E-state index in [1.54, 1.807) is 29.2 Å². The van der Waals surface area contributed by atoms with Gasteiger partial charge in [0.25, 0.3) is 0 Å². The molecule has 0 radical (unpaired) electrons. The van der Waals surface area contributed by atoms with Crippen molar-refractivity contribution in [2.75, 3.05) is 31.6 Å². The first-order chi connectivity index (χ1) is 16.6. The minimum Gasteiger partial charge on any atom is -0.497 e. The summed E-state index contributed by atoms with van der Waals surface area (Å²) in [4.78, 5) is 39.4. The quantitative estimate of drug-likeness (QED) is 0.459. The summed E-state index contributed by atoms with van der Waals surface area (Å²) in [5.74, 6) is -3.35. The molecule has 3 amide bonds. The van der Waals surface area contributed by atoms with Crippen LogP contribution in [-0.4, -0.2) is 55.5 Å². The lowest BCUT2D eigenvalue weighted by Crippen LogP contribution is -2.45. The lowest BCUT2D eigenvalue weighted by molar-refractivity contribution is -0.173. The van der Waals surface area contributed by atoms with Crippen molar-refractivity contribution in [1.29, 1.82) is 0 Å². The molecule has 11 heteroatoms. The highest BCUT2D eigenvalue weighted by Crippen LogP contribution is 2.25. The third-order valence-electron chi connectivity index (χ3n) is 5.61. The molecule has 0 saturated carbocycles. The number of piperidine rings is 1. The van der Waals surface area contributed by atoms with Gasteiger partial charge in [0.1, 0.15) is 11.6 Å². The largest absolute Gasteiger partial charge is 0.497 e. The maximum Gasteiger partial charge on any atom is 0.471 e. The van der Waals surface area contributed by atoms with Crippen LogP contribution < -0.4 is 15.0 Å². The second-order valence-corrected chi connectivity index (χ2v) is 8.02. The molecule has 1 heterocycles. The van der Waals surface area contributed by atoms with Crippen molar-refractivity contribution in [3.8, 4) is 5.75 Å². The maximum atomic E-state index is 14.9. The van der Waals surface area contributed by atoms with Gasteiger partial charge in [0, 0.05) is 29.9 Å². The molecule has 7 nitrogen and oxygen atoms in total. The summed E-state index contributed by atoms with van der Waals surface area (Å²) in [5, 5.41) is 1.46. The van der Waals surface area contributed by atoms with Gasteiger partial charge in [0.2, 0.25) is 0 Å². The number of amides is 3. The Bertz CT molecular complexity index is 1070. The van der Waals surface area contributed by atoms with E-state index in [9.17, 15) is 31.9 Å². The Morgan fingerprint density at radius 1 is 1.03 bits per heavy atom. The first-order valence-corrected chi connectivity index (χ1v) is 11.0. The molecule has 1 N–H and O–H groups in total. The number of Topliss-reactive ketones (excluding diaryl/α,β-unsaturated/α-hetero) is 1. The van der Waals surface area contributed by atoms with Gasteiger partial charge in [-0.05, 0) is 49.6 Å². The lowest BCUT2D eigenvalue weighted by atomic mass is 10.1. The highest BCUT2D eigenvalue weighted by Gasteiger charge is 2.38. The molecule has 2 aromatic rings. The van der Waals surface area contributed by atoms with Crippen LogP contribution in [0.5, 0.6) is 5.75 Å². The van der Waals surface area contributed by atoms with Gasteiger partial charge >= 0.3 is 18.1 Å². The van der Waals surface area contributed by atoms with E-state index in [0.717, 1.165) is 25.3 Å². The van der Waals surface area contributed by atoms with Crippen LogP contribution in [0.2, 0.25) is 0 Å². The van der Waals surface area contributed by atoms with E-state index in [1.807, 2.05) is 0 Å². The third-order valence-corrected chi connectivity index (χ3v) is 5.61. The van der Waals surface area contributed by atoms with Crippen LogP contribution in [0.25, 0.3) is 0 Å². The van der Waals surface area contributed by atoms with E-state index in [-0.39, 0.29) is 23.7 Å². The van der Waals surface area contributed by atoms with Crippen LogP contribution in [-0.2, 0) is 11.3 Å². The first kappa shape index (κ1) is 26.0. The van der Waals surface area contributed by atoms with Gasteiger partial charge in [0.05, 0.1) is 20.2 Å². The topological polar surface area (TPSA) is 79.0 Å². The smallest absolute Gasteiger partial charge is 0.471 e. The number of carbonyl (C=O) groups is 3. The molecule has 0 spiro atoms. The number of hydrogen-bond acceptors (Lipinski definition) is 4. The van der Waals surface area contributed by atoms with Gasteiger partial charge < -0.3 is 15.0 Å². The first-order valence-electron chi connectivity index (χ1n) is 11.0. The average molecular weight is 495 g/mol. The molecule has 1 aliphatic rings. The second-order valence-electron chi connectivity index (χ2n) is 8.02. The molecule has 188 valence electrons. The monoisotopic (exact) mass is 495 g/mol. The van der Waals surface area contributed by atoms with Crippen molar-refractivity contribution < 1.29 is 36.7 Å². The third kappa shape index (κ3) is 6.71. The number of likely N-dealkylation sites (tertiary alicyclic amines) is 1. The Labute approximate surface area is 199 Å². The summed E-state index contributed by atoms with van der Waals surface area (Å²) in [6.07, 6.45) is -2.35. The minimum atomic E-state index is -5.12. The van der Waals surface area contributed by atoms with E-state index in [4.69, 9.17) is 4.74 Å². The van der Waals surface area contributed by atoms with Gasteiger partial charge in [-0.3, -0.25) is 14.5 Å². The van der Waals surface area contributed by atoms with Crippen molar-refractivity contribution in [2.45, 2.75) is 32.0 Å². The number of carbonyl (C=O) groups excluding carboxylic acids is 3. The summed E-state index contributed by atoms with van der Waals surface area (Å²) in [6, 6.07) is 9.86. The van der Waals surface area contributed by atoms with Crippen LogP contribution in [0.3, 0.4) is 0 Å². The number of anilines is 1. The van der Waals surface area contributed by atoms with Gasteiger partial charge in [-0.15, -0.1) is 0 Å². The fourth-order valence-electron chi connectivity index (χ4n) is 3.67. The normalized spacial score (nSPS) is 13.8. The molecule has 0 atom stereocenters. The standard InChI is InChI=1S/C24H25F4N3O4/c1-35-19-9-7-18(8-10-19)31(23(34)30-11-3-2-4-12-30)15-17-6-5-16(13-20(17)25)21(32)14-29-22(33)24(26,27)28/h5-10,13H,2-4,11-12,14-15H2,1H3,(H,29,33). The predicted octanol–water partition coefficient (Wildman–Crippen LogP) is 4.31. The van der Waals surface area contributed by atoms with E-state index < -0.39 is 30.2 Å². The number of methoxy groups -OCH3 is 1. The Balaban J connectivity index is 1.79. The molecule has 1 fully saturated rings. The van der Waals surface area contributed by atoms with Crippen LogP contribution in [0.4, 0.5) is 28.0 Å². The number of benzene rings is 2. The molecule has 1 saturated heterocycles. The minimum absolute atomic E-state index is 0.113. The zero-order valence-corrected chi connectivity index (χ0v) is 19.0. The van der Waals surface area contributed by atoms with Crippen LogP contribution >= 0.6 is 0 Å². The van der Waals surface area contributed by atoms with Crippen molar-refractivity contribution in [3.63, 3.8) is 0 Å². The molecule has 0 unspecified atom stereocenters. The number of hydrogen-bond donors (Lipinski definition) is 1. The summed E-state index contributed by atoms with van der Waals surface area (Å²) in [7, 11) is 1.51. The highest BCUT2D eigenvalue weighted by atomic mass is 19.4. The number of rotatable bonds is 7. The van der Waals surface area contributed by atoms with Crippen molar-refractivity contribution >= 4 is 23.4 Å². The number of ether oxygens (including phenoxy) is 1. The molecule has 1 aliphatic heterocycles. The van der Waals surface area contributed by atoms with E-state index in [2.05, 4.69) is 0 Å². The van der Waals surface area contributed by atoms with E-state index >= 15 is 0 Å². The van der Waals surface area contributed by atoms with E-state index in [0.29, 0.717) is 24.5 Å². The van der Waals surface area contributed by atoms with Crippen LogP contribution in [0.1, 0.15) is 35.2 Å². The Kier molecular flexibility index (Phi) is 8.31. The fraction of sp³-hybridized carbons (Fsp3) is 0.375. The van der Waals surface area contributed by atoms with Crippen molar-refractivity contribution in [1.82, 2.24) is 10.2 Å². The summed E-state index contributed by atoms with van der Waals surface area (Å²) >= 11 is 0. The van der Waals surface area contributed by atoms with Gasteiger partial charge in [-0.25, -0.2) is 9.18 Å². The predicted molar refractivity (Wildman–Crippen MR) is 120 cm³/mol. The molecular formula is C24H25F4N3O4. The Morgan fingerprint density at radius 3 is 2.26 bits per heavy atom. The summed E-state index contributed by atoms with van der Waals surface area (Å²) < 4.78 is 57.0. The number of halogens is 4. The molecule has 0 aliphatic carbocycles. The van der Waals surface area contributed by atoms with Crippen molar-refractivity contribution in [2.24, 2.45) is 0 Å². The number of alkyl halides is 3. The molecule has 2 aromatic carbocycles. The zero-order chi connectivity index (χ0) is 25.6. The Hall–Kier alpha value is -3.63. The van der Waals surface area contributed by atoms with Crippen LogP contribution in [0.15, 0.2) is 42.5 Å². The van der Waals surface area contributed by atoms with Crippen molar-refractivity contribution in [3.05, 3.63) is 59.4 Å². The van der Waals surface area contributed by atoms with Gasteiger partial charge in [-0.1, -0.05) is 12.1 Å². The molecule has 0 aromatic heterocycles. The summed E-state index contributed by atoms with van der Waals surface area (Å²) in [6.45, 7) is 0.117. The van der Waals surface area contributed by atoms with Gasteiger partial charge in [-0.2, -0.15) is 13.2 Å². The fourth-order valence-corrected chi connectivity index (χ4v) is 3.67. The van der Waals surface area contributed by atoms with Crippen LogP contribution in [0, 0.1) is 5.82 Å². The molecule has 3 rings (SSSR count). The molecular weight excluding hydrogens is 470 g/mol. The zero-order valence-electron chi connectivity index (χ0n) is 19.0. The molecule has 35 heavy (non-hydrogen) atoms. The average Bonchev–Trinajstić information content (AvgIpc) is 2.86. The SMILES string of the molecule is COc1ccc(N(Cc2ccc(C(=O)CNC(=O)C(F)(F)F)cc2F)C(=O)N2CCCCC2)cc1. The number of urea groups is 1. The number of nitrogens with one attached hydrogen (secondary N) is 1. The van der Waals surface area contributed by atoms with Gasteiger partial charge in [0.15, 0.2) is 5.78 Å². The Morgan fingerprint density at radius 2 is 1.69 bits per heavy atom. The highest BCUT2D eigenvalue weighted by molar-refractivity contribution is 6.00. The molecule has 0 bridgehead atoms.